The number of amides is 3. The SMILES string of the molecule is C=CCN1C(=O)NC(Cc2cccc(F)c2)(C2CCNCC2)C1=O.Cl. The van der Waals surface area contributed by atoms with Crippen molar-refractivity contribution in [1.29, 1.82) is 0 Å². The summed E-state index contributed by atoms with van der Waals surface area (Å²) in [7, 11) is 0. The summed E-state index contributed by atoms with van der Waals surface area (Å²) in [5, 5.41) is 6.21. The maximum Gasteiger partial charge on any atom is 0.325 e. The fourth-order valence-electron chi connectivity index (χ4n) is 3.76. The largest absolute Gasteiger partial charge is 0.325 e. The molecule has 0 aliphatic carbocycles. The van der Waals surface area contributed by atoms with Crippen LogP contribution in [0.5, 0.6) is 0 Å². The molecule has 1 unspecified atom stereocenters. The summed E-state index contributed by atoms with van der Waals surface area (Å²) in [4.78, 5) is 26.6. The second-order valence-corrected chi connectivity index (χ2v) is 6.44. The van der Waals surface area contributed by atoms with Gasteiger partial charge in [0.1, 0.15) is 11.4 Å². The molecule has 1 aromatic carbocycles. The number of benzene rings is 1. The first-order valence-corrected chi connectivity index (χ1v) is 8.27. The lowest BCUT2D eigenvalue weighted by Crippen LogP contribution is -2.57. The topological polar surface area (TPSA) is 61.4 Å². The minimum Gasteiger partial charge on any atom is -0.322 e. The second kappa shape index (κ2) is 7.97. The number of hydrogen-bond acceptors (Lipinski definition) is 3. The molecule has 0 aromatic heterocycles. The fourth-order valence-corrected chi connectivity index (χ4v) is 3.76. The average Bonchev–Trinajstić information content (AvgIpc) is 2.81. The van der Waals surface area contributed by atoms with Crippen molar-refractivity contribution in [3.05, 3.63) is 48.3 Å². The summed E-state index contributed by atoms with van der Waals surface area (Å²) in [6.45, 7) is 5.41. The van der Waals surface area contributed by atoms with E-state index in [2.05, 4.69) is 17.2 Å². The van der Waals surface area contributed by atoms with Crippen LogP contribution in [0.3, 0.4) is 0 Å². The quantitative estimate of drug-likeness (QED) is 0.620. The van der Waals surface area contributed by atoms with Gasteiger partial charge in [-0.2, -0.15) is 0 Å². The van der Waals surface area contributed by atoms with Crippen LogP contribution in [0.2, 0.25) is 0 Å². The van der Waals surface area contributed by atoms with Crippen LogP contribution in [0.15, 0.2) is 36.9 Å². The number of halogens is 2. The first kappa shape index (κ1) is 19.4. The Kier molecular flexibility index (Phi) is 6.19. The van der Waals surface area contributed by atoms with E-state index in [4.69, 9.17) is 0 Å². The van der Waals surface area contributed by atoms with Crippen molar-refractivity contribution >= 4 is 24.3 Å². The molecule has 3 rings (SSSR count). The molecule has 136 valence electrons. The number of nitrogens with zero attached hydrogens (tertiary/aromatic N) is 1. The minimum atomic E-state index is -1.00. The average molecular weight is 368 g/mol. The Morgan fingerprint density at radius 2 is 2.04 bits per heavy atom. The van der Waals surface area contributed by atoms with Gasteiger partial charge in [0, 0.05) is 13.0 Å². The highest BCUT2D eigenvalue weighted by Crippen LogP contribution is 2.35. The first-order valence-electron chi connectivity index (χ1n) is 8.27. The lowest BCUT2D eigenvalue weighted by Gasteiger charge is -2.38. The second-order valence-electron chi connectivity index (χ2n) is 6.44. The van der Waals surface area contributed by atoms with Crippen LogP contribution in [0.25, 0.3) is 0 Å². The zero-order valence-corrected chi connectivity index (χ0v) is 14.8. The van der Waals surface area contributed by atoms with Crippen LogP contribution < -0.4 is 10.6 Å². The Hall–Kier alpha value is -1.92. The van der Waals surface area contributed by atoms with Gasteiger partial charge >= 0.3 is 6.03 Å². The van der Waals surface area contributed by atoms with Crippen molar-refractivity contribution in [2.75, 3.05) is 19.6 Å². The smallest absolute Gasteiger partial charge is 0.322 e. The predicted molar refractivity (Wildman–Crippen MR) is 96.1 cm³/mol. The van der Waals surface area contributed by atoms with E-state index >= 15 is 0 Å². The molecule has 1 atom stereocenters. The van der Waals surface area contributed by atoms with Gasteiger partial charge in [-0.05, 0) is 49.5 Å². The molecule has 2 aliphatic rings. The Bertz CT molecular complexity index is 663. The van der Waals surface area contributed by atoms with Crippen molar-refractivity contribution in [2.24, 2.45) is 5.92 Å². The van der Waals surface area contributed by atoms with E-state index in [-0.39, 0.29) is 36.6 Å². The van der Waals surface area contributed by atoms with Crippen molar-refractivity contribution in [3.8, 4) is 0 Å². The van der Waals surface area contributed by atoms with Crippen molar-refractivity contribution in [1.82, 2.24) is 15.5 Å². The molecule has 2 heterocycles. The van der Waals surface area contributed by atoms with Gasteiger partial charge in [-0.1, -0.05) is 18.2 Å². The third kappa shape index (κ3) is 3.70. The van der Waals surface area contributed by atoms with Crippen molar-refractivity contribution < 1.29 is 14.0 Å². The third-order valence-corrected chi connectivity index (χ3v) is 4.92. The van der Waals surface area contributed by atoms with Crippen LogP contribution in [-0.2, 0) is 11.2 Å². The molecule has 1 aromatic rings. The molecule has 3 amide bonds. The molecule has 2 saturated heterocycles. The summed E-state index contributed by atoms with van der Waals surface area (Å²) < 4.78 is 13.6. The molecule has 0 bridgehead atoms. The van der Waals surface area contributed by atoms with Gasteiger partial charge in [0.05, 0.1) is 0 Å². The van der Waals surface area contributed by atoms with Crippen molar-refractivity contribution in [3.63, 3.8) is 0 Å². The van der Waals surface area contributed by atoms with Gasteiger partial charge in [-0.3, -0.25) is 9.69 Å². The maximum absolute atomic E-state index is 13.6. The predicted octanol–water partition coefficient (Wildman–Crippen LogP) is 2.27. The Morgan fingerprint density at radius 3 is 2.68 bits per heavy atom. The molecule has 7 heteroatoms. The summed E-state index contributed by atoms with van der Waals surface area (Å²) in [5.41, 5.74) is -0.293. The number of urea groups is 1. The monoisotopic (exact) mass is 367 g/mol. The molecule has 0 saturated carbocycles. The number of rotatable bonds is 5. The summed E-state index contributed by atoms with van der Waals surface area (Å²) in [6.07, 6.45) is 3.43. The van der Waals surface area contributed by atoms with E-state index in [0.29, 0.717) is 12.0 Å². The highest BCUT2D eigenvalue weighted by Gasteiger charge is 2.55. The third-order valence-electron chi connectivity index (χ3n) is 4.92. The van der Waals surface area contributed by atoms with E-state index < -0.39 is 11.6 Å². The van der Waals surface area contributed by atoms with E-state index in [1.54, 1.807) is 12.1 Å². The number of hydrogen-bond donors (Lipinski definition) is 2. The van der Waals surface area contributed by atoms with Gasteiger partial charge in [0.15, 0.2) is 0 Å². The van der Waals surface area contributed by atoms with Gasteiger partial charge in [-0.25, -0.2) is 9.18 Å². The fraction of sp³-hybridized carbons (Fsp3) is 0.444. The Labute approximate surface area is 153 Å². The molecule has 25 heavy (non-hydrogen) atoms. The normalized spacial score (nSPS) is 24.0. The van der Waals surface area contributed by atoms with Crippen LogP contribution in [-0.4, -0.2) is 42.0 Å². The zero-order valence-electron chi connectivity index (χ0n) is 14.0. The molecule has 2 aliphatic heterocycles. The molecular weight excluding hydrogens is 345 g/mol. The van der Waals surface area contributed by atoms with Gasteiger partial charge in [0.2, 0.25) is 0 Å². The number of carbonyl (C=O) groups excluding carboxylic acids is 2. The van der Waals surface area contributed by atoms with Crippen LogP contribution in [0.4, 0.5) is 9.18 Å². The molecule has 2 fully saturated rings. The number of nitrogens with one attached hydrogen (secondary N) is 2. The Morgan fingerprint density at radius 1 is 1.32 bits per heavy atom. The highest BCUT2D eigenvalue weighted by molar-refractivity contribution is 6.07. The minimum absolute atomic E-state index is 0. The molecule has 2 N–H and O–H groups in total. The van der Waals surface area contributed by atoms with Gasteiger partial charge in [-0.15, -0.1) is 19.0 Å². The summed E-state index contributed by atoms with van der Waals surface area (Å²) in [6, 6.07) is 5.83. The van der Waals surface area contributed by atoms with E-state index in [1.165, 1.54) is 23.1 Å². The number of piperidine rings is 1. The maximum atomic E-state index is 13.6. The van der Waals surface area contributed by atoms with Crippen molar-refractivity contribution in [2.45, 2.75) is 24.8 Å². The van der Waals surface area contributed by atoms with Gasteiger partial charge in [0.25, 0.3) is 5.91 Å². The van der Waals surface area contributed by atoms with E-state index in [9.17, 15) is 14.0 Å². The molecule has 5 nitrogen and oxygen atoms in total. The molecular formula is C18H23ClFN3O2. The number of imide groups is 1. The van der Waals surface area contributed by atoms with E-state index in [0.717, 1.165) is 25.9 Å². The van der Waals surface area contributed by atoms with Gasteiger partial charge < -0.3 is 10.6 Å². The number of carbonyl (C=O) groups is 2. The van der Waals surface area contributed by atoms with Crippen LogP contribution >= 0.6 is 12.4 Å². The van der Waals surface area contributed by atoms with Crippen LogP contribution in [0.1, 0.15) is 18.4 Å². The highest BCUT2D eigenvalue weighted by atomic mass is 35.5. The molecule has 0 radical (unpaired) electrons. The first-order chi connectivity index (χ1) is 11.6. The summed E-state index contributed by atoms with van der Waals surface area (Å²) >= 11 is 0. The standard InChI is InChI=1S/C18H22FN3O2.ClH/c1-2-10-22-16(23)18(21-17(22)24,14-6-8-20-9-7-14)12-13-4-3-5-15(19)11-13;/h2-5,11,14,20H,1,6-10,12H2,(H,21,24);1H. The lowest BCUT2D eigenvalue weighted by molar-refractivity contribution is -0.133. The molecule has 0 spiro atoms. The van der Waals surface area contributed by atoms with E-state index in [1.807, 2.05) is 0 Å². The Balaban J connectivity index is 0.00000225. The lowest BCUT2D eigenvalue weighted by atomic mass is 9.74. The van der Waals surface area contributed by atoms with Crippen LogP contribution in [0, 0.1) is 11.7 Å². The summed E-state index contributed by atoms with van der Waals surface area (Å²) in [5.74, 6) is -0.551. The zero-order chi connectivity index (χ0) is 17.2.